The summed E-state index contributed by atoms with van der Waals surface area (Å²) in [6.45, 7) is 0. The molecule has 8 heavy (non-hydrogen) atoms. The third-order valence-corrected chi connectivity index (χ3v) is 0.834. The predicted molar refractivity (Wildman–Crippen MR) is 28.4 cm³/mol. The molecule has 0 unspecified atom stereocenters. The first-order chi connectivity index (χ1) is 3.83. The summed E-state index contributed by atoms with van der Waals surface area (Å²) in [5, 5.41) is 6.42. The number of amidine groups is 1. The lowest BCUT2D eigenvalue weighted by Crippen LogP contribution is -1.89. The monoisotopic (exact) mass is 131 g/mol. The van der Waals surface area contributed by atoms with Gasteiger partial charge in [0.15, 0.2) is 5.84 Å². The maximum atomic E-state index is 10.1. The van der Waals surface area contributed by atoms with Crippen LogP contribution in [0.1, 0.15) is 0 Å². The molecule has 0 atom stereocenters. The van der Waals surface area contributed by atoms with Crippen molar-refractivity contribution in [1.29, 1.82) is 0 Å². The lowest BCUT2D eigenvalue weighted by molar-refractivity contribution is 0.257. The van der Waals surface area contributed by atoms with Crippen LogP contribution in [0.5, 0.6) is 0 Å². The fraction of sp³-hybridized carbons (Fsp3) is 0.333. The lowest BCUT2D eigenvalue weighted by atomic mass is 10.7. The van der Waals surface area contributed by atoms with E-state index in [4.69, 9.17) is 11.6 Å². The molecule has 0 bridgehead atoms. The lowest BCUT2D eigenvalue weighted by Gasteiger charge is -1.75. The second kappa shape index (κ2) is 2.00. The van der Waals surface area contributed by atoms with E-state index in [9.17, 15) is 4.79 Å². The minimum atomic E-state index is -0.569. The zero-order chi connectivity index (χ0) is 5.98. The van der Waals surface area contributed by atoms with Crippen LogP contribution in [0.15, 0.2) is 15.2 Å². The Morgan fingerprint density at radius 3 is 2.50 bits per heavy atom. The third-order valence-electron chi connectivity index (χ3n) is 0.595. The maximum absolute atomic E-state index is 10.1. The highest BCUT2D eigenvalue weighted by Crippen LogP contribution is 1.98. The van der Waals surface area contributed by atoms with Gasteiger partial charge in [-0.1, -0.05) is 5.11 Å². The number of aliphatic imine (C=N–C) groups is 1. The molecule has 0 aromatic carbocycles. The van der Waals surface area contributed by atoms with Crippen LogP contribution in [0.4, 0.5) is 4.79 Å². The number of azo groups is 1. The van der Waals surface area contributed by atoms with Crippen molar-refractivity contribution < 1.29 is 4.79 Å². The molecule has 0 aromatic heterocycles. The largest absolute Gasteiger partial charge is 0.387 e. The van der Waals surface area contributed by atoms with E-state index in [0.717, 1.165) is 0 Å². The number of halogens is 1. The molecule has 0 saturated carbocycles. The highest BCUT2D eigenvalue weighted by Gasteiger charge is 2.06. The van der Waals surface area contributed by atoms with Crippen molar-refractivity contribution in [2.75, 3.05) is 5.88 Å². The maximum Gasteiger partial charge on any atom is 0.387 e. The number of hydrogen-bond acceptors (Lipinski definition) is 2. The number of carbonyl (C=O) groups excluding carboxylic acids is 1. The molecule has 0 aliphatic carbocycles. The highest BCUT2D eigenvalue weighted by molar-refractivity contribution is 6.29. The van der Waals surface area contributed by atoms with Crippen LogP contribution < -0.4 is 0 Å². The first kappa shape index (κ1) is 5.37. The second-order valence-corrected chi connectivity index (χ2v) is 1.41. The van der Waals surface area contributed by atoms with E-state index < -0.39 is 6.03 Å². The Kier molecular flexibility index (Phi) is 1.34. The summed E-state index contributed by atoms with van der Waals surface area (Å²) < 4.78 is 0. The molecule has 5 heteroatoms. The molecular formula is C3H2ClN3O. The standard InChI is InChI=1S/C3H2ClN3O/c4-1-2-5-3(8)7-6-2/h1H2. The first-order valence-corrected chi connectivity index (χ1v) is 2.45. The SMILES string of the molecule is O=C1N=NC(CCl)=N1. The molecule has 1 aliphatic heterocycles. The summed E-state index contributed by atoms with van der Waals surface area (Å²) in [4.78, 5) is 13.4. The summed E-state index contributed by atoms with van der Waals surface area (Å²) >= 11 is 5.24. The van der Waals surface area contributed by atoms with Crippen molar-refractivity contribution >= 4 is 23.5 Å². The smallest absolute Gasteiger partial charge is 0.242 e. The molecule has 0 N–H and O–H groups in total. The fourth-order valence-corrected chi connectivity index (χ4v) is 0.425. The van der Waals surface area contributed by atoms with Gasteiger partial charge in [0.2, 0.25) is 0 Å². The molecule has 1 rings (SSSR count). The van der Waals surface area contributed by atoms with Crippen molar-refractivity contribution in [3.05, 3.63) is 0 Å². The fourth-order valence-electron chi connectivity index (χ4n) is 0.312. The van der Waals surface area contributed by atoms with Gasteiger partial charge < -0.3 is 0 Å². The predicted octanol–water partition coefficient (Wildman–Crippen LogP) is 1.21. The summed E-state index contributed by atoms with van der Waals surface area (Å²) in [6, 6.07) is -0.569. The van der Waals surface area contributed by atoms with Gasteiger partial charge >= 0.3 is 6.03 Å². The Bertz CT molecular complexity index is 173. The van der Waals surface area contributed by atoms with Crippen molar-refractivity contribution in [3.63, 3.8) is 0 Å². The number of urea groups is 1. The van der Waals surface area contributed by atoms with Crippen LogP contribution in [0.3, 0.4) is 0 Å². The molecule has 0 spiro atoms. The van der Waals surface area contributed by atoms with Gasteiger partial charge in [-0.2, -0.15) is 4.99 Å². The van der Waals surface area contributed by atoms with E-state index in [1.165, 1.54) is 0 Å². The highest BCUT2D eigenvalue weighted by atomic mass is 35.5. The Balaban J connectivity index is 2.72. The molecular weight excluding hydrogens is 130 g/mol. The van der Waals surface area contributed by atoms with E-state index in [2.05, 4.69) is 15.2 Å². The van der Waals surface area contributed by atoms with Crippen molar-refractivity contribution in [2.24, 2.45) is 15.2 Å². The van der Waals surface area contributed by atoms with Crippen molar-refractivity contribution in [1.82, 2.24) is 0 Å². The summed E-state index contributed by atoms with van der Waals surface area (Å²) in [5.41, 5.74) is 0. The molecule has 1 heterocycles. The quantitative estimate of drug-likeness (QED) is 0.494. The average molecular weight is 132 g/mol. The number of hydrogen-bond donors (Lipinski definition) is 0. The summed E-state index contributed by atoms with van der Waals surface area (Å²) in [5.74, 6) is 0.437. The van der Waals surface area contributed by atoms with Gasteiger partial charge in [-0.15, -0.1) is 16.7 Å². The van der Waals surface area contributed by atoms with Gasteiger partial charge in [-0.05, 0) is 0 Å². The zero-order valence-electron chi connectivity index (χ0n) is 3.83. The summed E-state index contributed by atoms with van der Waals surface area (Å²) in [6.07, 6.45) is 0. The van der Waals surface area contributed by atoms with Crippen molar-refractivity contribution in [2.45, 2.75) is 0 Å². The van der Waals surface area contributed by atoms with Gasteiger partial charge in [0.25, 0.3) is 0 Å². The number of alkyl halides is 1. The van der Waals surface area contributed by atoms with Crippen LogP contribution in [-0.4, -0.2) is 17.7 Å². The van der Waals surface area contributed by atoms with Crippen LogP contribution in [0, 0.1) is 0 Å². The Hall–Kier alpha value is -0.770. The molecule has 0 aromatic rings. The van der Waals surface area contributed by atoms with Crippen LogP contribution in [0.2, 0.25) is 0 Å². The van der Waals surface area contributed by atoms with Crippen LogP contribution in [0.25, 0.3) is 0 Å². The number of carbonyl (C=O) groups is 1. The Morgan fingerprint density at radius 2 is 2.25 bits per heavy atom. The van der Waals surface area contributed by atoms with E-state index >= 15 is 0 Å². The third kappa shape index (κ3) is 0.894. The van der Waals surface area contributed by atoms with E-state index in [-0.39, 0.29) is 11.7 Å². The topological polar surface area (TPSA) is 54.1 Å². The Morgan fingerprint density at radius 1 is 1.50 bits per heavy atom. The van der Waals surface area contributed by atoms with Crippen LogP contribution >= 0.6 is 11.6 Å². The van der Waals surface area contributed by atoms with Gasteiger partial charge in [0, 0.05) is 0 Å². The van der Waals surface area contributed by atoms with E-state index in [0.29, 0.717) is 0 Å². The number of rotatable bonds is 1. The average Bonchev–Trinajstić information content (AvgIpc) is 2.14. The summed E-state index contributed by atoms with van der Waals surface area (Å²) in [7, 11) is 0. The second-order valence-electron chi connectivity index (χ2n) is 1.14. The first-order valence-electron chi connectivity index (χ1n) is 1.92. The molecule has 2 amide bonds. The molecule has 0 radical (unpaired) electrons. The molecule has 0 fully saturated rings. The van der Waals surface area contributed by atoms with Gasteiger partial charge in [-0.3, -0.25) is 0 Å². The molecule has 42 valence electrons. The molecule has 4 nitrogen and oxygen atoms in total. The van der Waals surface area contributed by atoms with E-state index in [1.807, 2.05) is 0 Å². The van der Waals surface area contributed by atoms with Crippen molar-refractivity contribution in [3.8, 4) is 0 Å². The number of amides is 2. The number of nitrogens with zero attached hydrogens (tertiary/aromatic N) is 3. The van der Waals surface area contributed by atoms with Crippen LogP contribution in [-0.2, 0) is 0 Å². The van der Waals surface area contributed by atoms with Gasteiger partial charge in [-0.25, -0.2) is 4.79 Å². The van der Waals surface area contributed by atoms with Gasteiger partial charge in [0.1, 0.15) is 0 Å². The normalized spacial score (nSPS) is 17.1. The van der Waals surface area contributed by atoms with Gasteiger partial charge in [0.05, 0.1) is 5.88 Å². The zero-order valence-corrected chi connectivity index (χ0v) is 4.59. The van der Waals surface area contributed by atoms with E-state index in [1.54, 1.807) is 0 Å². The Labute approximate surface area is 50.3 Å². The molecule has 0 saturated heterocycles. The minimum Gasteiger partial charge on any atom is -0.242 e. The molecule has 1 aliphatic rings. The minimum absolute atomic E-state index is 0.148.